The van der Waals surface area contributed by atoms with Gasteiger partial charge in [-0.1, -0.05) is 6.07 Å². The second kappa shape index (κ2) is 4.33. The predicted octanol–water partition coefficient (Wildman–Crippen LogP) is 2.55. The number of nitrogens with two attached hydrogens (primary N) is 1. The minimum atomic E-state index is -0.411. The van der Waals surface area contributed by atoms with Crippen LogP contribution in [-0.2, 0) is 17.6 Å². The molecule has 3 heteroatoms. The number of aryl methyl sites for hydroxylation is 2. The Balaban J connectivity index is 2.08. The number of benzene rings is 1. The van der Waals surface area contributed by atoms with Crippen LogP contribution in [0.1, 0.15) is 29.7 Å². The molecule has 2 aromatic rings. The summed E-state index contributed by atoms with van der Waals surface area (Å²) in [6.07, 6.45) is 8.01. The van der Waals surface area contributed by atoms with E-state index < -0.39 is 5.91 Å². The van der Waals surface area contributed by atoms with Crippen molar-refractivity contribution >= 4 is 22.9 Å². The Morgan fingerprint density at radius 2 is 2.11 bits per heavy atom. The molecule has 0 atom stereocenters. The van der Waals surface area contributed by atoms with Crippen LogP contribution in [0.3, 0.4) is 0 Å². The van der Waals surface area contributed by atoms with Gasteiger partial charge in [-0.15, -0.1) is 0 Å². The summed E-state index contributed by atoms with van der Waals surface area (Å²) in [5.41, 5.74) is 10.2. The standard InChI is InChI=1S/C15H16N2O/c16-15(18)8-6-10-5-7-14-12(9-10)11-3-1-2-4-13(11)17-14/h5-9,17H,1-4H2,(H2,16,18). The van der Waals surface area contributed by atoms with Gasteiger partial charge in [-0.05, 0) is 55.0 Å². The highest BCUT2D eigenvalue weighted by Crippen LogP contribution is 2.29. The third-order valence-corrected chi connectivity index (χ3v) is 3.56. The van der Waals surface area contributed by atoms with Gasteiger partial charge in [-0.25, -0.2) is 0 Å². The fraction of sp³-hybridized carbons (Fsp3) is 0.267. The average molecular weight is 240 g/mol. The molecule has 1 aliphatic rings. The number of hydrogen-bond acceptors (Lipinski definition) is 1. The lowest BCUT2D eigenvalue weighted by molar-refractivity contribution is -0.113. The molecule has 3 rings (SSSR count). The average Bonchev–Trinajstić information content (AvgIpc) is 2.74. The van der Waals surface area contributed by atoms with Gasteiger partial charge >= 0.3 is 0 Å². The highest BCUT2D eigenvalue weighted by atomic mass is 16.1. The number of amides is 1. The van der Waals surface area contributed by atoms with Crippen molar-refractivity contribution in [3.8, 4) is 0 Å². The number of primary amides is 1. The number of carbonyl (C=O) groups is 1. The minimum Gasteiger partial charge on any atom is -0.366 e. The number of aromatic amines is 1. The van der Waals surface area contributed by atoms with Crippen molar-refractivity contribution in [3.63, 3.8) is 0 Å². The van der Waals surface area contributed by atoms with Crippen molar-refractivity contribution in [1.29, 1.82) is 0 Å². The lowest BCUT2D eigenvalue weighted by atomic mass is 9.95. The Morgan fingerprint density at radius 1 is 1.28 bits per heavy atom. The lowest BCUT2D eigenvalue weighted by Crippen LogP contribution is -2.05. The summed E-state index contributed by atoms with van der Waals surface area (Å²) < 4.78 is 0. The lowest BCUT2D eigenvalue weighted by Gasteiger charge is -2.10. The van der Waals surface area contributed by atoms with Crippen LogP contribution in [0.5, 0.6) is 0 Å². The monoisotopic (exact) mass is 240 g/mol. The molecule has 0 unspecified atom stereocenters. The van der Waals surface area contributed by atoms with Crippen LogP contribution in [0.25, 0.3) is 17.0 Å². The molecule has 3 N–H and O–H groups in total. The fourth-order valence-corrected chi connectivity index (χ4v) is 2.71. The van der Waals surface area contributed by atoms with E-state index >= 15 is 0 Å². The highest BCUT2D eigenvalue weighted by molar-refractivity contribution is 5.92. The zero-order valence-corrected chi connectivity index (χ0v) is 10.2. The van der Waals surface area contributed by atoms with Gasteiger partial charge in [-0.3, -0.25) is 4.79 Å². The van der Waals surface area contributed by atoms with Crippen molar-refractivity contribution in [2.45, 2.75) is 25.7 Å². The van der Waals surface area contributed by atoms with Crippen LogP contribution < -0.4 is 5.73 Å². The van der Waals surface area contributed by atoms with E-state index in [0.717, 1.165) is 18.4 Å². The summed E-state index contributed by atoms with van der Waals surface area (Å²) in [6, 6.07) is 6.22. The molecule has 1 aliphatic carbocycles. The molecule has 0 aliphatic heterocycles. The second-order valence-electron chi connectivity index (χ2n) is 4.83. The number of H-pyrrole nitrogens is 1. The fourth-order valence-electron chi connectivity index (χ4n) is 2.71. The zero-order valence-electron chi connectivity index (χ0n) is 10.2. The number of fused-ring (bicyclic) bond motifs is 3. The van der Waals surface area contributed by atoms with Gasteiger partial charge in [0, 0.05) is 22.7 Å². The predicted molar refractivity (Wildman–Crippen MR) is 73.2 cm³/mol. The molecule has 1 aromatic heterocycles. The molecule has 3 nitrogen and oxygen atoms in total. The topological polar surface area (TPSA) is 58.9 Å². The van der Waals surface area contributed by atoms with Gasteiger partial charge in [0.05, 0.1) is 0 Å². The van der Waals surface area contributed by atoms with Gasteiger partial charge in [-0.2, -0.15) is 0 Å². The molecule has 0 bridgehead atoms. The molecule has 0 saturated heterocycles. The largest absolute Gasteiger partial charge is 0.366 e. The van der Waals surface area contributed by atoms with E-state index in [9.17, 15) is 4.79 Å². The van der Waals surface area contributed by atoms with Crippen LogP contribution in [0.2, 0.25) is 0 Å². The summed E-state index contributed by atoms with van der Waals surface area (Å²) in [4.78, 5) is 14.2. The Bertz CT molecular complexity index is 637. The summed E-state index contributed by atoms with van der Waals surface area (Å²) >= 11 is 0. The first-order valence-electron chi connectivity index (χ1n) is 6.35. The molecule has 0 fully saturated rings. The van der Waals surface area contributed by atoms with Crippen LogP contribution in [-0.4, -0.2) is 10.9 Å². The third kappa shape index (κ3) is 1.92. The maximum atomic E-state index is 10.7. The van der Waals surface area contributed by atoms with Gasteiger partial charge < -0.3 is 10.7 Å². The van der Waals surface area contributed by atoms with Crippen LogP contribution in [0, 0.1) is 0 Å². The number of nitrogens with one attached hydrogen (secondary N) is 1. The smallest absolute Gasteiger partial charge is 0.241 e. The Kier molecular flexibility index (Phi) is 2.67. The van der Waals surface area contributed by atoms with Gasteiger partial charge in [0.1, 0.15) is 0 Å². The van der Waals surface area contributed by atoms with Crippen molar-refractivity contribution in [1.82, 2.24) is 4.98 Å². The van der Waals surface area contributed by atoms with Crippen LogP contribution in [0.15, 0.2) is 24.3 Å². The van der Waals surface area contributed by atoms with Crippen molar-refractivity contribution < 1.29 is 4.79 Å². The number of carbonyl (C=O) groups excluding carboxylic acids is 1. The normalized spacial score (nSPS) is 15.1. The number of hydrogen-bond donors (Lipinski definition) is 2. The van der Waals surface area contributed by atoms with Gasteiger partial charge in [0.15, 0.2) is 0 Å². The first-order valence-corrected chi connectivity index (χ1v) is 6.35. The van der Waals surface area contributed by atoms with E-state index in [1.165, 1.54) is 41.1 Å². The molecule has 1 heterocycles. The SMILES string of the molecule is NC(=O)C=Cc1ccc2[nH]c3c(c2c1)CCCC3. The van der Waals surface area contributed by atoms with Gasteiger partial charge in [0.2, 0.25) is 5.91 Å². The van der Waals surface area contributed by atoms with Crippen molar-refractivity contribution in [3.05, 3.63) is 41.1 Å². The molecule has 1 amide bonds. The number of aromatic nitrogens is 1. The van der Waals surface area contributed by atoms with E-state index in [1.807, 2.05) is 6.07 Å². The van der Waals surface area contributed by atoms with Crippen molar-refractivity contribution in [2.24, 2.45) is 5.73 Å². The second-order valence-corrected chi connectivity index (χ2v) is 4.83. The van der Waals surface area contributed by atoms with Crippen molar-refractivity contribution in [2.75, 3.05) is 0 Å². The summed E-state index contributed by atoms with van der Waals surface area (Å²) in [5, 5.41) is 1.29. The Labute approximate surface area is 106 Å². The van der Waals surface area contributed by atoms with E-state index in [4.69, 9.17) is 5.73 Å². The first-order chi connectivity index (χ1) is 8.74. The molecule has 0 saturated carbocycles. The minimum absolute atomic E-state index is 0.411. The summed E-state index contributed by atoms with van der Waals surface area (Å²) in [6.45, 7) is 0. The molecule has 18 heavy (non-hydrogen) atoms. The quantitative estimate of drug-likeness (QED) is 0.779. The number of rotatable bonds is 2. The van der Waals surface area contributed by atoms with Crippen LogP contribution >= 0.6 is 0 Å². The molecule has 1 aromatic carbocycles. The van der Waals surface area contributed by atoms with E-state index in [2.05, 4.69) is 17.1 Å². The molecule has 0 radical (unpaired) electrons. The molecular formula is C15H16N2O. The highest BCUT2D eigenvalue weighted by Gasteiger charge is 2.14. The van der Waals surface area contributed by atoms with Gasteiger partial charge in [0.25, 0.3) is 0 Å². The zero-order chi connectivity index (χ0) is 12.5. The third-order valence-electron chi connectivity index (χ3n) is 3.56. The molecule has 0 spiro atoms. The Hall–Kier alpha value is -2.03. The maximum absolute atomic E-state index is 10.7. The summed E-state index contributed by atoms with van der Waals surface area (Å²) in [5.74, 6) is -0.411. The maximum Gasteiger partial charge on any atom is 0.241 e. The summed E-state index contributed by atoms with van der Waals surface area (Å²) in [7, 11) is 0. The Morgan fingerprint density at radius 3 is 2.94 bits per heavy atom. The van der Waals surface area contributed by atoms with Crippen LogP contribution in [0.4, 0.5) is 0 Å². The van der Waals surface area contributed by atoms with E-state index in [0.29, 0.717) is 0 Å². The molecule has 92 valence electrons. The molecular weight excluding hydrogens is 224 g/mol. The van der Waals surface area contributed by atoms with E-state index in [-0.39, 0.29) is 0 Å². The van der Waals surface area contributed by atoms with E-state index in [1.54, 1.807) is 6.08 Å². The first kappa shape index (κ1) is 11.1.